The molecule has 0 aromatic carbocycles. The van der Waals surface area contributed by atoms with Crippen molar-refractivity contribution in [1.82, 2.24) is 25.2 Å². The highest BCUT2D eigenvalue weighted by atomic mass is 16.2. The molecule has 3 heterocycles. The smallest absolute Gasteiger partial charge is 0.271 e. The monoisotopic (exact) mass is 397 g/mol. The van der Waals surface area contributed by atoms with Crippen LogP contribution in [-0.4, -0.2) is 64.5 Å². The molecule has 9 nitrogen and oxygen atoms in total. The quantitative estimate of drug-likeness (QED) is 0.492. The number of aromatic nitrogens is 3. The van der Waals surface area contributed by atoms with Gasteiger partial charge in [-0.2, -0.15) is 0 Å². The maximum absolute atomic E-state index is 12.2. The molecule has 0 saturated carbocycles. The van der Waals surface area contributed by atoms with Gasteiger partial charge in [0.05, 0.1) is 11.7 Å². The Morgan fingerprint density at radius 2 is 2.14 bits per heavy atom. The van der Waals surface area contributed by atoms with Crippen molar-refractivity contribution in [3.63, 3.8) is 0 Å². The van der Waals surface area contributed by atoms with Gasteiger partial charge in [0, 0.05) is 56.6 Å². The van der Waals surface area contributed by atoms with E-state index in [1.807, 2.05) is 12.1 Å². The zero-order valence-electron chi connectivity index (χ0n) is 16.9. The molecule has 2 aromatic heterocycles. The van der Waals surface area contributed by atoms with Gasteiger partial charge in [0.25, 0.3) is 5.56 Å². The highest BCUT2D eigenvalue weighted by molar-refractivity contribution is 5.88. The normalized spacial score (nSPS) is 14.3. The van der Waals surface area contributed by atoms with Gasteiger partial charge in [0.15, 0.2) is 0 Å². The summed E-state index contributed by atoms with van der Waals surface area (Å²) in [5, 5.41) is 9.41. The first-order valence-electron chi connectivity index (χ1n) is 9.64. The fraction of sp³-hybridized carbons (Fsp3) is 0.400. The number of pyridine rings is 1. The maximum Gasteiger partial charge on any atom is 0.271 e. The summed E-state index contributed by atoms with van der Waals surface area (Å²) >= 11 is 0. The third-order valence-electron chi connectivity index (χ3n) is 4.58. The molecule has 1 fully saturated rings. The van der Waals surface area contributed by atoms with Gasteiger partial charge in [0.2, 0.25) is 5.91 Å². The van der Waals surface area contributed by atoms with Crippen LogP contribution in [0.4, 0.5) is 11.5 Å². The molecule has 1 saturated heterocycles. The average molecular weight is 397 g/mol. The topological polar surface area (TPSA) is 115 Å². The summed E-state index contributed by atoms with van der Waals surface area (Å²) in [5.41, 5.74) is 1.73. The molecule has 0 spiro atoms. The minimum absolute atomic E-state index is 0.0168. The highest BCUT2D eigenvalue weighted by Crippen LogP contribution is 2.20. The molecule has 4 N–H and O–H groups in total. The fourth-order valence-corrected chi connectivity index (χ4v) is 2.93. The van der Waals surface area contributed by atoms with E-state index in [0.717, 1.165) is 5.56 Å². The molecule has 0 atom stereocenters. The van der Waals surface area contributed by atoms with Gasteiger partial charge in [0.1, 0.15) is 17.8 Å². The van der Waals surface area contributed by atoms with Crippen molar-refractivity contribution in [2.75, 3.05) is 37.3 Å². The summed E-state index contributed by atoms with van der Waals surface area (Å²) in [6, 6.07) is 3.99. The van der Waals surface area contributed by atoms with Crippen LogP contribution in [0.5, 0.6) is 0 Å². The zero-order valence-corrected chi connectivity index (χ0v) is 16.9. The van der Waals surface area contributed by atoms with Crippen molar-refractivity contribution in [1.29, 1.82) is 0 Å². The van der Waals surface area contributed by atoms with Gasteiger partial charge < -0.3 is 25.8 Å². The van der Waals surface area contributed by atoms with Gasteiger partial charge in [-0.05, 0) is 6.07 Å². The zero-order chi connectivity index (χ0) is 20.8. The Morgan fingerprint density at radius 3 is 2.86 bits per heavy atom. The Balaban J connectivity index is 1.58. The van der Waals surface area contributed by atoms with E-state index in [9.17, 15) is 9.59 Å². The summed E-state index contributed by atoms with van der Waals surface area (Å²) in [5.74, 6) is 0.678. The molecule has 1 aliphatic heterocycles. The number of amides is 1. The van der Waals surface area contributed by atoms with Crippen molar-refractivity contribution >= 4 is 17.4 Å². The van der Waals surface area contributed by atoms with Gasteiger partial charge >= 0.3 is 0 Å². The van der Waals surface area contributed by atoms with Gasteiger partial charge in [-0.15, -0.1) is 0 Å². The van der Waals surface area contributed by atoms with E-state index in [1.165, 1.54) is 6.33 Å². The second-order valence-electron chi connectivity index (χ2n) is 7.22. The van der Waals surface area contributed by atoms with E-state index < -0.39 is 0 Å². The second kappa shape index (κ2) is 9.33. The summed E-state index contributed by atoms with van der Waals surface area (Å²) in [4.78, 5) is 37.1. The van der Waals surface area contributed by atoms with E-state index in [0.29, 0.717) is 42.9 Å². The number of hydrogen-bond donors (Lipinski definition) is 4. The minimum Gasteiger partial charge on any atom is -0.374 e. The largest absolute Gasteiger partial charge is 0.374 e. The molecule has 1 aliphatic rings. The number of nitrogens with one attached hydrogen (secondary N) is 4. The lowest BCUT2D eigenvalue weighted by atomic mass is 10.1. The molecule has 0 unspecified atom stereocenters. The SMILES string of the molecule is CNc1cc(-c2c[nH]c(=O)c(NC3CN(C(=O)/C=C/CNC(C)C)C3)c2)ncn1. The summed E-state index contributed by atoms with van der Waals surface area (Å²) in [7, 11) is 1.78. The molecule has 0 radical (unpaired) electrons. The molecule has 3 rings (SSSR count). The van der Waals surface area contributed by atoms with E-state index in [2.05, 4.69) is 44.7 Å². The van der Waals surface area contributed by atoms with Crippen LogP contribution in [0.3, 0.4) is 0 Å². The number of H-pyrrole nitrogens is 1. The molecular formula is C20H27N7O2. The van der Waals surface area contributed by atoms with Crippen LogP contribution in [0, 0.1) is 0 Å². The Morgan fingerprint density at radius 1 is 1.34 bits per heavy atom. The molecule has 0 bridgehead atoms. The van der Waals surface area contributed by atoms with E-state index in [1.54, 1.807) is 30.3 Å². The third kappa shape index (κ3) is 5.41. The van der Waals surface area contributed by atoms with Gasteiger partial charge in [-0.3, -0.25) is 9.59 Å². The molecule has 9 heteroatoms. The number of rotatable bonds is 8. The molecule has 2 aromatic rings. The number of hydrogen-bond acceptors (Lipinski definition) is 7. The van der Waals surface area contributed by atoms with Crippen LogP contribution in [0.15, 0.2) is 41.6 Å². The Labute approximate surface area is 169 Å². The molecule has 1 amide bonds. The summed E-state index contributed by atoms with van der Waals surface area (Å²) in [6.07, 6.45) is 6.52. The van der Waals surface area contributed by atoms with Gasteiger partial charge in [-0.1, -0.05) is 19.9 Å². The first kappa shape index (κ1) is 20.5. The highest BCUT2D eigenvalue weighted by Gasteiger charge is 2.29. The Kier molecular flexibility index (Phi) is 6.61. The second-order valence-corrected chi connectivity index (χ2v) is 7.22. The first-order chi connectivity index (χ1) is 14.0. The van der Waals surface area contributed by atoms with Crippen molar-refractivity contribution < 1.29 is 4.79 Å². The van der Waals surface area contributed by atoms with Crippen molar-refractivity contribution in [3.05, 3.63) is 47.2 Å². The minimum atomic E-state index is -0.207. The predicted octanol–water partition coefficient (Wildman–Crippen LogP) is 1.05. The van der Waals surface area contributed by atoms with Gasteiger partial charge in [-0.25, -0.2) is 9.97 Å². The fourth-order valence-electron chi connectivity index (χ4n) is 2.93. The number of carbonyl (C=O) groups excluding carboxylic acids is 1. The lowest BCUT2D eigenvalue weighted by Crippen LogP contribution is -2.57. The standard InChI is InChI=1S/C20H27N7O2/c1-13(2)22-6-4-5-19(28)27-10-15(11-27)26-17-7-14(9-23-20(17)29)16-8-18(21-3)25-12-24-16/h4-5,7-9,12-13,15,22,26H,6,10-11H2,1-3H3,(H,23,29)(H,21,24,25)/b5-4+. The van der Waals surface area contributed by atoms with Crippen molar-refractivity contribution in [3.8, 4) is 11.3 Å². The van der Waals surface area contributed by atoms with E-state index in [4.69, 9.17) is 0 Å². The molecule has 154 valence electrons. The summed E-state index contributed by atoms with van der Waals surface area (Å²) < 4.78 is 0. The number of aromatic amines is 1. The Hall–Kier alpha value is -3.20. The van der Waals surface area contributed by atoms with Crippen molar-refractivity contribution in [2.45, 2.75) is 25.9 Å². The Bertz CT molecular complexity index is 932. The maximum atomic E-state index is 12.2. The number of likely N-dealkylation sites (tertiary alicyclic amines) is 1. The van der Waals surface area contributed by atoms with Crippen LogP contribution in [0.25, 0.3) is 11.3 Å². The van der Waals surface area contributed by atoms with Crippen LogP contribution in [0.1, 0.15) is 13.8 Å². The first-order valence-corrected chi connectivity index (χ1v) is 9.64. The predicted molar refractivity (Wildman–Crippen MR) is 114 cm³/mol. The number of anilines is 2. The number of carbonyl (C=O) groups is 1. The lowest BCUT2D eigenvalue weighted by molar-refractivity contribution is -0.129. The van der Waals surface area contributed by atoms with E-state index >= 15 is 0 Å². The molecular weight excluding hydrogens is 370 g/mol. The van der Waals surface area contributed by atoms with E-state index in [-0.39, 0.29) is 17.5 Å². The number of nitrogens with zero attached hydrogens (tertiary/aromatic N) is 3. The van der Waals surface area contributed by atoms with Crippen LogP contribution >= 0.6 is 0 Å². The van der Waals surface area contributed by atoms with Crippen molar-refractivity contribution in [2.24, 2.45) is 0 Å². The van der Waals surface area contributed by atoms with Crippen LogP contribution < -0.4 is 21.5 Å². The summed E-state index contributed by atoms with van der Waals surface area (Å²) in [6.45, 7) is 5.90. The van der Waals surface area contributed by atoms with Crippen LogP contribution in [-0.2, 0) is 4.79 Å². The third-order valence-corrected chi connectivity index (χ3v) is 4.58. The average Bonchev–Trinajstić information content (AvgIpc) is 2.68. The molecule has 29 heavy (non-hydrogen) atoms. The molecule has 0 aliphatic carbocycles. The van der Waals surface area contributed by atoms with Crippen LogP contribution in [0.2, 0.25) is 0 Å². The lowest BCUT2D eigenvalue weighted by Gasteiger charge is -2.39.